The summed E-state index contributed by atoms with van der Waals surface area (Å²) in [6.45, 7) is 0. The Hall–Kier alpha value is -3.20. The molecule has 3 nitrogen and oxygen atoms in total. The van der Waals surface area contributed by atoms with Crippen molar-refractivity contribution in [2.45, 2.75) is 12.4 Å². The highest BCUT2D eigenvalue weighted by Gasteiger charge is 2.37. The monoisotopic (exact) mass is 459 g/mol. The maximum atomic E-state index is 12.9. The summed E-state index contributed by atoms with van der Waals surface area (Å²) in [6, 6.07) is 12.6. The van der Waals surface area contributed by atoms with Crippen LogP contribution in [0.1, 0.15) is 21.5 Å². The SMILES string of the molecule is O=C(Nc1ccc(Oc2cc(C(F)(F)F)cc(C(F)(F)F)c2)cc1)c1ccccc1Cl. The highest BCUT2D eigenvalue weighted by molar-refractivity contribution is 6.34. The summed E-state index contributed by atoms with van der Waals surface area (Å²) in [5.41, 5.74) is -2.42. The van der Waals surface area contributed by atoms with Crippen molar-refractivity contribution >= 4 is 23.2 Å². The number of carbonyl (C=O) groups excluding carboxylic acids is 1. The number of carbonyl (C=O) groups is 1. The molecule has 0 aliphatic rings. The van der Waals surface area contributed by atoms with Gasteiger partial charge in [0.1, 0.15) is 11.5 Å². The van der Waals surface area contributed by atoms with Crippen molar-refractivity contribution in [2.75, 3.05) is 5.32 Å². The summed E-state index contributed by atoms with van der Waals surface area (Å²) in [7, 11) is 0. The standard InChI is InChI=1S/C21H12ClF6NO2/c22-18-4-2-1-3-17(18)19(30)29-14-5-7-15(8-6-14)31-16-10-12(20(23,24)25)9-13(11-16)21(26,27)28/h1-11H,(H,29,30). The first-order valence-corrected chi connectivity index (χ1v) is 8.94. The van der Waals surface area contributed by atoms with Crippen LogP contribution in [0.4, 0.5) is 32.0 Å². The van der Waals surface area contributed by atoms with Gasteiger partial charge in [-0.25, -0.2) is 0 Å². The van der Waals surface area contributed by atoms with Crippen molar-refractivity contribution in [1.82, 2.24) is 0 Å². The molecule has 31 heavy (non-hydrogen) atoms. The fourth-order valence-electron chi connectivity index (χ4n) is 2.57. The number of benzene rings is 3. The molecular formula is C21H12ClF6NO2. The van der Waals surface area contributed by atoms with Crippen LogP contribution in [0.3, 0.4) is 0 Å². The molecule has 1 N–H and O–H groups in total. The van der Waals surface area contributed by atoms with E-state index in [-0.39, 0.29) is 22.4 Å². The Labute approximate surface area is 177 Å². The molecule has 0 heterocycles. The summed E-state index contributed by atoms with van der Waals surface area (Å²) >= 11 is 5.95. The number of anilines is 1. The molecule has 0 fully saturated rings. The largest absolute Gasteiger partial charge is 0.457 e. The lowest BCUT2D eigenvalue weighted by Crippen LogP contribution is -2.12. The molecule has 0 saturated heterocycles. The highest BCUT2D eigenvalue weighted by atomic mass is 35.5. The number of hydrogen-bond acceptors (Lipinski definition) is 2. The fraction of sp³-hybridized carbons (Fsp3) is 0.0952. The molecule has 0 aliphatic heterocycles. The molecule has 162 valence electrons. The van der Waals surface area contributed by atoms with Crippen LogP contribution in [0.5, 0.6) is 11.5 Å². The molecule has 0 radical (unpaired) electrons. The molecule has 10 heteroatoms. The van der Waals surface area contributed by atoms with Gasteiger partial charge in [-0.05, 0) is 54.6 Å². The summed E-state index contributed by atoms with van der Waals surface area (Å²) < 4.78 is 82.9. The third-order valence-corrected chi connectivity index (χ3v) is 4.36. The number of amides is 1. The van der Waals surface area contributed by atoms with Gasteiger partial charge in [-0.15, -0.1) is 0 Å². The summed E-state index contributed by atoms with van der Waals surface area (Å²) in [5.74, 6) is -1.15. The van der Waals surface area contributed by atoms with Crippen LogP contribution in [-0.4, -0.2) is 5.91 Å². The minimum absolute atomic E-state index is 0.0141. The predicted molar refractivity (Wildman–Crippen MR) is 102 cm³/mol. The molecule has 3 aromatic carbocycles. The lowest BCUT2D eigenvalue weighted by Gasteiger charge is -2.15. The maximum absolute atomic E-state index is 12.9. The van der Waals surface area contributed by atoms with Gasteiger partial charge in [0.15, 0.2) is 0 Å². The van der Waals surface area contributed by atoms with Gasteiger partial charge in [-0.1, -0.05) is 23.7 Å². The average Bonchev–Trinajstić information content (AvgIpc) is 2.68. The van der Waals surface area contributed by atoms with Gasteiger partial charge >= 0.3 is 12.4 Å². The average molecular weight is 460 g/mol. The van der Waals surface area contributed by atoms with E-state index in [0.717, 1.165) is 0 Å². The van der Waals surface area contributed by atoms with Crippen LogP contribution in [0.25, 0.3) is 0 Å². The third kappa shape index (κ3) is 5.69. The molecule has 0 unspecified atom stereocenters. The molecule has 0 bridgehead atoms. The van der Waals surface area contributed by atoms with Crippen LogP contribution >= 0.6 is 11.6 Å². The minimum Gasteiger partial charge on any atom is -0.457 e. The summed E-state index contributed by atoms with van der Waals surface area (Å²) in [6.07, 6.45) is -9.96. The van der Waals surface area contributed by atoms with Crippen molar-refractivity contribution in [3.05, 3.63) is 88.4 Å². The second-order valence-corrected chi connectivity index (χ2v) is 6.71. The normalized spacial score (nSPS) is 11.8. The molecule has 3 rings (SSSR count). The molecule has 0 saturated carbocycles. The minimum atomic E-state index is -4.98. The number of ether oxygens (including phenoxy) is 1. The van der Waals surface area contributed by atoms with Crippen LogP contribution in [0.15, 0.2) is 66.7 Å². The van der Waals surface area contributed by atoms with Gasteiger partial charge in [-0.2, -0.15) is 26.3 Å². The van der Waals surface area contributed by atoms with Gasteiger partial charge in [0, 0.05) is 5.69 Å². The van der Waals surface area contributed by atoms with Crippen LogP contribution in [-0.2, 0) is 12.4 Å². The van der Waals surface area contributed by atoms with E-state index in [2.05, 4.69) is 5.32 Å². The zero-order chi connectivity index (χ0) is 22.8. The topological polar surface area (TPSA) is 38.3 Å². The third-order valence-electron chi connectivity index (χ3n) is 4.03. The Kier molecular flexibility index (Phi) is 6.17. The van der Waals surface area contributed by atoms with Crippen molar-refractivity contribution < 1.29 is 35.9 Å². The second kappa shape index (κ2) is 8.50. The lowest BCUT2D eigenvalue weighted by atomic mass is 10.1. The fourth-order valence-corrected chi connectivity index (χ4v) is 2.79. The zero-order valence-corrected chi connectivity index (χ0v) is 16.1. The number of halogens is 7. The zero-order valence-electron chi connectivity index (χ0n) is 15.3. The predicted octanol–water partition coefficient (Wildman–Crippen LogP) is 7.42. The second-order valence-electron chi connectivity index (χ2n) is 6.30. The number of rotatable bonds is 4. The number of hydrogen-bond donors (Lipinski definition) is 1. The smallest absolute Gasteiger partial charge is 0.416 e. The maximum Gasteiger partial charge on any atom is 0.416 e. The van der Waals surface area contributed by atoms with E-state index < -0.39 is 35.1 Å². The van der Waals surface area contributed by atoms with Crippen molar-refractivity contribution in [3.8, 4) is 11.5 Å². The van der Waals surface area contributed by atoms with E-state index >= 15 is 0 Å². The van der Waals surface area contributed by atoms with E-state index in [4.69, 9.17) is 16.3 Å². The van der Waals surface area contributed by atoms with E-state index in [9.17, 15) is 31.1 Å². The Morgan fingerprint density at radius 2 is 1.32 bits per heavy atom. The van der Waals surface area contributed by atoms with E-state index in [0.29, 0.717) is 17.8 Å². The Morgan fingerprint density at radius 1 is 0.774 bits per heavy atom. The number of alkyl halides is 6. The molecule has 3 aromatic rings. The highest BCUT2D eigenvalue weighted by Crippen LogP contribution is 2.39. The van der Waals surface area contributed by atoms with E-state index in [1.165, 1.54) is 36.4 Å². The first kappa shape index (κ1) is 22.5. The molecule has 0 atom stereocenters. The molecule has 0 aromatic heterocycles. The van der Waals surface area contributed by atoms with Gasteiger partial charge in [0.05, 0.1) is 21.7 Å². The van der Waals surface area contributed by atoms with Gasteiger partial charge in [0.25, 0.3) is 5.91 Å². The lowest BCUT2D eigenvalue weighted by molar-refractivity contribution is -0.143. The Morgan fingerprint density at radius 3 is 1.84 bits per heavy atom. The summed E-state index contributed by atoms with van der Waals surface area (Å²) in [4.78, 5) is 12.2. The van der Waals surface area contributed by atoms with E-state index in [1.54, 1.807) is 12.1 Å². The van der Waals surface area contributed by atoms with Crippen molar-refractivity contribution in [2.24, 2.45) is 0 Å². The van der Waals surface area contributed by atoms with Gasteiger partial charge < -0.3 is 10.1 Å². The van der Waals surface area contributed by atoms with Gasteiger partial charge in [-0.3, -0.25) is 4.79 Å². The van der Waals surface area contributed by atoms with Crippen molar-refractivity contribution in [1.29, 1.82) is 0 Å². The summed E-state index contributed by atoms with van der Waals surface area (Å²) in [5, 5.41) is 2.81. The Bertz CT molecular complexity index is 1060. The first-order valence-electron chi connectivity index (χ1n) is 8.57. The first-order chi connectivity index (χ1) is 14.4. The molecule has 0 spiro atoms. The van der Waals surface area contributed by atoms with Crippen LogP contribution in [0.2, 0.25) is 5.02 Å². The van der Waals surface area contributed by atoms with Crippen LogP contribution < -0.4 is 10.1 Å². The molecular weight excluding hydrogens is 448 g/mol. The molecule has 0 aliphatic carbocycles. The van der Waals surface area contributed by atoms with Crippen LogP contribution in [0, 0.1) is 0 Å². The Balaban J connectivity index is 1.79. The van der Waals surface area contributed by atoms with Gasteiger partial charge in [0.2, 0.25) is 0 Å². The molecule has 1 amide bonds. The quantitative estimate of drug-likeness (QED) is 0.412. The van der Waals surface area contributed by atoms with E-state index in [1.807, 2.05) is 0 Å². The number of nitrogens with one attached hydrogen (secondary N) is 1. The van der Waals surface area contributed by atoms with Crippen molar-refractivity contribution in [3.63, 3.8) is 0 Å².